The van der Waals surface area contributed by atoms with Gasteiger partial charge in [0, 0.05) is 41.7 Å². The Labute approximate surface area is 219 Å². The molecule has 0 amide bonds. The van der Waals surface area contributed by atoms with Crippen LogP contribution in [0.3, 0.4) is 0 Å². The Bertz CT molecular complexity index is 1270. The van der Waals surface area contributed by atoms with Crippen LogP contribution in [-0.2, 0) is 10.2 Å². The maximum absolute atomic E-state index is 14.2. The summed E-state index contributed by atoms with van der Waals surface area (Å²) in [6.07, 6.45) is -8.87. The lowest BCUT2D eigenvalue weighted by Crippen LogP contribution is -2.46. The highest BCUT2D eigenvalue weighted by Crippen LogP contribution is 2.40. The highest BCUT2D eigenvalue weighted by Gasteiger charge is 2.44. The molecule has 2 N–H and O–H groups in total. The van der Waals surface area contributed by atoms with Crippen LogP contribution in [-0.4, -0.2) is 49.1 Å². The summed E-state index contributed by atoms with van der Waals surface area (Å²) in [5, 5.41) is 13.0. The number of ether oxygens (including phenoxy) is 1. The largest absolute Gasteiger partial charge is 0.426 e. The number of nitrogens with one attached hydrogen (secondary N) is 2. The number of hydrogen-bond acceptors (Lipinski definition) is 5. The first-order valence-electron chi connectivity index (χ1n) is 11.7. The SMILES string of the molecule is N=C(N=CC(F)(F)F)c1cccc(C(NCC2(c3nc(-c4ccccc4)cs3)CCOCC2)C(F)(F)F)c1. The Kier molecular flexibility index (Phi) is 8.34. The first-order valence-corrected chi connectivity index (χ1v) is 12.5. The van der Waals surface area contributed by atoms with Crippen molar-refractivity contribution in [3.63, 3.8) is 0 Å². The quantitative estimate of drug-likeness (QED) is 0.194. The molecule has 0 saturated carbocycles. The van der Waals surface area contributed by atoms with Crippen LogP contribution in [0.4, 0.5) is 26.3 Å². The zero-order valence-electron chi connectivity index (χ0n) is 19.9. The number of benzene rings is 2. The molecule has 2 aromatic carbocycles. The molecule has 0 radical (unpaired) electrons. The van der Waals surface area contributed by atoms with Gasteiger partial charge in [0.05, 0.1) is 5.69 Å². The summed E-state index contributed by atoms with van der Waals surface area (Å²) in [5.74, 6) is -0.790. The number of hydrogen-bond donors (Lipinski definition) is 2. The van der Waals surface area contributed by atoms with Crippen molar-refractivity contribution in [2.24, 2.45) is 4.99 Å². The van der Waals surface area contributed by atoms with Gasteiger partial charge in [0.25, 0.3) is 0 Å². The molecule has 0 spiro atoms. The van der Waals surface area contributed by atoms with Gasteiger partial charge in [0.2, 0.25) is 0 Å². The molecule has 1 aliphatic rings. The van der Waals surface area contributed by atoms with Gasteiger partial charge in [-0.25, -0.2) is 9.98 Å². The Hall–Kier alpha value is -3.09. The summed E-state index contributed by atoms with van der Waals surface area (Å²) < 4.78 is 85.4. The van der Waals surface area contributed by atoms with Crippen molar-refractivity contribution in [1.82, 2.24) is 10.3 Å². The van der Waals surface area contributed by atoms with E-state index in [1.54, 1.807) is 0 Å². The third-order valence-electron chi connectivity index (χ3n) is 6.28. The molecule has 2 heterocycles. The van der Waals surface area contributed by atoms with E-state index in [0.717, 1.165) is 17.3 Å². The van der Waals surface area contributed by atoms with E-state index < -0.39 is 29.6 Å². The maximum Gasteiger partial charge on any atom is 0.426 e. The highest BCUT2D eigenvalue weighted by molar-refractivity contribution is 7.10. The fourth-order valence-corrected chi connectivity index (χ4v) is 5.37. The summed E-state index contributed by atoms with van der Waals surface area (Å²) in [6.45, 7) is 0.709. The average molecular weight is 555 g/mol. The number of thiazole rings is 1. The lowest BCUT2D eigenvalue weighted by atomic mass is 9.80. The molecule has 3 aromatic rings. The molecule has 12 heteroatoms. The third kappa shape index (κ3) is 6.86. The van der Waals surface area contributed by atoms with Gasteiger partial charge in [-0.1, -0.05) is 48.5 Å². The number of nitrogens with zero attached hydrogens (tertiary/aromatic N) is 2. The van der Waals surface area contributed by atoms with Gasteiger partial charge in [-0.3, -0.25) is 5.41 Å². The molecule has 1 fully saturated rings. The summed E-state index contributed by atoms with van der Waals surface area (Å²) in [4.78, 5) is 7.81. The predicted molar refractivity (Wildman–Crippen MR) is 134 cm³/mol. The molecule has 1 aliphatic heterocycles. The van der Waals surface area contributed by atoms with Crippen LogP contribution in [0.5, 0.6) is 0 Å². The van der Waals surface area contributed by atoms with Gasteiger partial charge in [-0.05, 0) is 24.5 Å². The Balaban J connectivity index is 1.60. The fraction of sp³-hybridized carbons (Fsp3) is 0.346. The first-order chi connectivity index (χ1) is 18.0. The van der Waals surface area contributed by atoms with E-state index in [1.165, 1.54) is 29.5 Å². The molecule has 1 aromatic heterocycles. The summed E-state index contributed by atoms with van der Waals surface area (Å²) in [6, 6.07) is 12.1. The number of amidine groups is 1. The number of halogens is 6. The maximum atomic E-state index is 14.2. The van der Waals surface area contributed by atoms with E-state index in [2.05, 4.69) is 10.3 Å². The predicted octanol–water partition coefficient (Wildman–Crippen LogP) is 6.71. The minimum atomic E-state index is -4.74. The van der Waals surface area contributed by atoms with Gasteiger partial charge >= 0.3 is 12.4 Å². The van der Waals surface area contributed by atoms with Crippen LogP contribution in [0.1, 0.15) is 35.0 Å². The second-order valence-corrected chi connectivity index (χ2v) is 9.78. The molecule has 1 saturated heterocycles. The van der Waals surface area contributed by atoms with Crippen molar-refractivity contribution in [2.45, 2.75) is 36.7 Å². The zero-order chi connectivity index (χ0) is 27.4. The lowest BCUT2D eigenvalue weighted by molar-refractivity contribution is -0.158. The topological polar surface area (TPSA) is 70.4 Å². The van der Waals surface area contributed by atoms with Crippen molar-refractivity contribution >= 4 is 23.4 Å². The Morgan fingerprint density at radius 2 is 1.79 bits per heavy atom. The van der Waals surface area contributed by atoms with Crippen molar-refractivity contribution in [1.29, 1.82) is 5.41 Å². The van der Waals surface area contributed by atoms with Crippen LogP contribution >= 0.6 is 11.3 Å². The Morgan fingerprint density at radius 1 is 1.08 bits per heavy atom. The van der Waals surface area contributed by atoms with Gasteiger partial charge in [-0.15, -0.1) is 11.3 Å². The number of aliphatic imine (C=N–C) groups is 1. The van der Waals surface area contributed by atoms with Crippen LogP contribution in [0.15, 0.2) is 65.0 Å². The zero-order valence-corrected chi connectivity index (χ0v) is 20.8. The molecule has 1 atom stereocenters. The average Bonchev–Trinajstić information content (AvgIpc) is 3.39. The standard InChI is InChI=1S/C26H24F6N4OS/c27-25(28,29)16-35-22(33)19-8-4-7-18(13-19)21(26(30,31)32)34-15-24(9-11-37-12-10-24)23-36-20(14-38-23)17-5-2-1-3-6-17/h1-8,13-14,16,21,33-34H,9-12,15H2. The highest BCUT2D eigenvalue weighted by atomic mass is 32.1. The van der Waals surface area contributed by atoms with E-state index in [-0.39, 0.29) is 23.9 Å². The van der Waals surface area contributed by atoms with Crippen LogP contribution in [0.25, 0.3) is 11.3 Å². The summed E-state index contributed by atoms with van der Waals surface area (Å²) in [5.41, 5.74) is 0.571. The summed E-state index contributed by atoms with van der Waals surface area (Å²) >= 11 is 1.39. The molecular formula is C26H24F6N4OS. The molecule has 202 valence electrons. The number of aromatic nitrogens is 1. The fourth-order valence-electron chi connectivity index (χ4n) is 4.29. The van der Waals surface area contributed by atoms with Gasteiger partial charge in [0.1, 0.15) is 17.3 Å². The van der Waals surface area contributed by atoms with Gasteiger partial charge in [-0.2, -0.15) is 26.3 Å². The molecule has 5 nitrogen and oxygen atoms in total. The van der Waals surface area contributed by atoms with E-state index >= 15 is 0 Å². The van der Waals surface area contributed by atoms with E-state index in [0.29, 0.717) is 31.1 Å². The van der Waals surface area contributed by atoms with Crippen molar-refractivity contribution in [2.75, 3.05) is 19.8 Å². The third-order valence-corrected chi connectivity index (χ3v) is 7.37. The molecule has 0 aliphatic carbocycles. The van der Waals surface area contributed by atoms with Crippen molar-refractivity contribution in [3.8, 4) is 11.3 Å². The first kappa shape index (κ1) is 27.9. The molecule has 38 heavy (non-hydrogen) atoms. The number of rotatable bonds is 7. The normalized spacial score (nSPS) is 17.0. The molecular weight excluding hydrogens is 530 g/mol. The second kappa shape index (κ2) is 11.3. The van der Waals surface area contributed by atoms with E-state index in [9.17, 15) is 26.3 Å². The van der Waals surface area contributed by atoms with Crippen LogP contribution < -0.4 is 5.32 Å². The summed E-state index contributed by atoms with van der Waals surface area (Å²) in [7, 11) is 0. The minimum absolute atomic E-state index is 0.0455. The van der Waals surface area contributed by atoms with Crippen molar-refractivity contribution < 1.29 is 31.1 Å². The Morgan fingerprint density at radius 3 is 2.45 bits per heavy atom. The van der Waals surface area contributed by atoms with Gasteiger partial charge in [0.15, 0.2) is 5.84 Å². The molecule has 1 unspecified atom stereocenters. The van der Waals surface area contributed by atoms with Crippen molar-refractivity contribution in [3.05, 3.63) is 76.1 Å². The number of alkyl halides is 6. The smallest absolute Gasteiger partial charge is 0.381 e. The van der Waals surface area contributed by atoms with Crippen LogP contribution in [0, 0.1) is 5.41 Å². The van der Waals surface area contributed by atoms with Crippen LogP contribution in [0.2, 0.25) is 0 Å². The second-order valence-electron chi connectivity index (χ2n) is 8.93. The minimum Gasteiger partial charge on any atom is -0.381 e. The lowest BCUT2D eigenvalue weighted by Gasteiger charge is -2.37. The molecule has 0 bridgehead atoms. The van der Waals surface area contributed by atoms with E-state index in [1.807, 2.05) is 35.7 Å². The van der Waals surface area contributed by atoms with E-state index in [4.69, 9.17) is 15.1 Å². The monoisotopic (exact) mass is 554 g/mol. The van der Waals surface area contributed by atoms with Gasteiger partial charge < -0.3 is 10.1 Å². The molecule has 4 rings (SSSR count).